The van der Waals surface area contributed by atoms with Crippen molar-refractivity contribution in [2.24, 2.45) is 0 Å². The van der Waals surface area contributed by atoms with E-state index in [1.54, 1.807) is 0 Å². The number of rotatable bonds is 8. The molecule has 2 atom stereocenters. The van der Waals surface area contributed by atoms with Crippen LogP contribution in [0.4, 0.5) is 0 Å². The highest BCUT2D eigenvalue weighted by atomic mass is 32.2. The maximum absolute atomic E-state index is 3.63. The van der Waals surface area contributed by atoms with E-state index in [1.807, 2.05) is 0 Å². The van der Waals surface area contributed by atoms with Crippen molar-refractivity contribution in [1.29, 1.82) is 0 Å². The summed E-state index contributed by atoms with van der Waals surface area (Å²) in [6.07, 6.45) is 2.38. The summed E-state index contributed by atoms with van der Waals surface area (Å²) in [4.78, 5) is 0. The van der Waals surface area contributed by atoms with Crippen LogP contribution >= 0.6 is 11.8 Å². The molecule has 0 aromatic heterocycles. The number of likely N-dealkylation sites (N-methyl/N-ethyl adjacent to an activating group) is 1. The minimum Gasteiger partial charge on any atom is -0.313 e. The molecule has 0 radical (unpaired) electrons. The lowest BCUT2D eigenvalue weighted by molar-refractivity contribution is 0.569. The molecule has 0 saturated heterocycles. The van der Waals surface area contributed by atoms with Gasteiger partial charge >= 0.3 is 0 Å². The first-order valence-electron chi connectivity index (χ1n) is 8.31. The second-order valence-electron chi connectivity index (χ2n) is 6.96. The first kappa shape index (κ1) is 18.6. The largest absolute Gasteiger partial charge is 0.313 e. The second-order valence-corrected chi connectivity index (χ2v) is 8.43. The molecule has 2 unspecified atom stereocenters. The van der Waals surface area contributed by atoms with E-state index in [0.717, 1.165) is 18.2 Å². The van der Waals surface area contributed by atoms with E-state index in [0.29, 0.717) is 6.04 Å². The van der Waals surface area contributed by atoms with Gasteiger partial charge in [0, 0.05) is 17.0 Å². The minimum atomic E-state index is 0.242. The molecule has 1 aromatic carbocycles. The summed E-state index contributed by atoms with van der Waals surface area (Å²) in [5, 5.41) is 4.39. The molecular formula is C19H33NS. The fourth-order valence-electron chi connectivity index (χ4n) is 2.30. The van der Waals surface area contributed by atoms with Crippen molar-refractivity contribution in [1.82, 2.24) is 5.32 Å². The Balaban J connectivity index is 2.62. The Morgan fingerprint density at radius 3 is 2.19 bits per heavy atom. The lowest BCUT2D eigenvalue weighted by Crippen LogP contribution is -2.33. The van der Waals surface area contributed by atoms with Gasteiger partial charge in [-0.25, -0.2) is 0 Å². The predicted molar refractivity (Wildman–Crippen MR) is 98.5 cm³/mol. The fourth-order valence-corrected chi connectivity index (χ4v) is 3.33. The summed E-state index contributed by atoms with van der Waals surface area (Å²) in [5.74, 6) is 1.20. The van der Waals surface area contributed by atoms with Crippen LogP contribution in [-0.4, -0.2) is 23.6 Å². The number of benzene rings is 1. The Labute approximate surface area is 136 Å². The summed E-state index contributed by atoms with van der Waals surface area (Å²) >= 11 is 2.09. The van der Waals surface area contributed by atoms with E-state index in [1.165, 1.54) is 23.3 Å². The zero-order valence-electron chi connectivity index (χ0n) is 14.7. The molecule has 0 spiro atoms. The van der Waals surface area contributed by atoms with Crippen LogP contribution in [0.5, 0.6) is 0 Å². The Bertz CT molecular complexity index is 391. The van der Waals surface area contributed by atoms with Crippen LogP contribution in [0.2, 0.25) is 0 Å². The average molecular weight is 308 g/mol. The van der Waals surface area contributed by atoms with Gasteiger partial charge in [-0.3, -0.25) is 0 Å². The SMILES string of the molecule is CCNC(CSC(C)CC)Cc1ccc(C(C)(C)C)cc1. The van der Waals surface area contributed by atoms with Gasteiger partial charge in [0.05, 0.1) is 0 Å². The molecule has 0 heterocycles. The molecular weight excluding hydrogens is 274 g/mol. The van der Waals surface area contributed by atoms with Gasteiger partial charge < -0.3 is 5.32 Å². The third-order valence-electron chi connectivity index (χ3n) is 3.95. The molecule has 0 saturated carbocycles. The molecule has 2 heteroatoms. The van der Waals surface area contributed by atoms with E-state index >= 15 is 0 Å². The lowest BCUT2D eigenvalue weighted by Gasteiger charge is -2.21. The number of thioether (sulfide) groups is 1. The molecule has 0 amide bonds. The number of hydrogen-bond acceptors (Lipinski definition) is 2. The first-order chi connectivity index (χ1) is 9.86. The Morgan fingerprint density at radius 1 is 1.10 bits per heavy atom. The summed E-state index contributed by atoms with van der Waals surface area (Å²) in [6.45, 7) is 14.6. The predicted octanol–water partition coefficient (Wildman–Crippen LogP) is 5.04. The standard InChI is InChI=1S/C19H33NS/c1-7-15(3)21-14-18(20-8-2)13-16-9-11-17(12-10-16)19(4,5)6/h9-12,15,18,20H,7-8,13-14H2,1-6H3. The fraction of sp³-hybridized carbons (Fsp3) is 0.684. The minimum absolute atomic E-state index is 0.242. The molecule has 0 aliphatic heterocycles. The maximum atomic E-state index is 3.63. The van der Waals surface area contributed by atoms with Crippen LogP contribution in [0.1, 0.15) is 59.1 Å². The normalized spacial score (nSPS) is 15.0. The third kappa shape index (κ3) is 6.88. The molecule has 1 nitrogen and oxygen atoms in total. The monoisotopic (exact) mass is 307 g/mol. The summed E-state index contributed by atoms with van der Waals surface area (Å²) in [6, 6.07) is 9.77. The zero-order chi connectivity index (χ0) is 15.9. The van der Waals surface area contributed by atoms with Crippen molar-refractivity contribution in [3.63, 3.8) is 0 Å². The lowest BCUT2D eigenvalue weighted by atomic mass is 9.86. The summed E-state index contributed by atoms with van der Waals surface area (Å²) in [7, 11) is 0. The van der Waals surface area contributed by atoms with E-state index in [2.05, 4.69) is 82.9 Å². The molecule has 0 aliphatic carbocycles. The van der Waals surface area contributed by atoms with E-state index in [4.69, 9.17) is 0 Å². The third-order valence-corrected chi connectivity index (χ3v) is 5.45. The van der Waals surface area contributed by atoms with Gasteiger partial charge in [-0.05, 0) is 35.9 Å². The summed E-state index contributed by atoms with van der Waals surface area (Å²) < 4.78 is 0. The summed E-state index contributed by atoms with van der Waals surface area (Å²) in [5.41, 5.74) is 3.10. The highest BCUT2D eigenvalue weighted by molar-refractivity contribution is 7.99. The van der Waals surface area contributed by atoms with Crippen LogP contribution in [0.15, 0.2) is 24.3 Å². The van der Waals surface area contributed by atoms with Crippen molar-refractivity contribution in [3.8, 4) is 0 Å². The molecule has 1 aromatic rings. The molecule has 21 heavy (non-hydrogen) atoms. The van der Waals surface area contributed by atoms with Crippen molar-refractivity contribution < 1.29 is 0 Å². The maximum Gasteiger partial charge on any atom is 0.0198 e. The highest BCUT2D eigenvalue weighted by Gasteiger charge is 2.14. The van der Waals surface area contributed by atoms with Gasteiger partial charge in [0.1, 0.15) is 0 Å². The zero-order valence-corrected chi connectivity index (χ0v) is 15.5. The van der Waals surface area contributed by atoms with Crippen molar-refractivity contribution in [2.45, 2.75) is 71.1 Å². The van der Waals surface area contributed by atoms with E-state index in [-0.39, 0.29) is 5.41 Å². The number of nitrogens with one attached hydrogen (secondary N) is 1. The van der Waals surface area contributed by atoms with Crippen molar-refractivity contribution >= 4 is 11.8 Å². The van der Waals surface area contributed by atoms with Crippen molar-refractivity contribution in [3.05, 3.63) is 35.4 Å². The Morgan fingerprint density at radius 2 is 1.71 bits per heavy atom. The molecule has 0 aliphatic rings. The van der Waals surface area contributed by atoms with Crippen molar-refractivity contribution in [2.75, 3.05) is 12.3 Å². The number of hydrogen-bond donors (Lipinski definition) is 1. The molecule has 1 N–H and O–H groups in total. The van der Waals surface area contributed by atoms with Gasteiger partial charge in [0.2, 0.25) is 0 Å². The van der Waals surface area contributed by atoms with Gasteiger partial charge in [-0.1, -0.05) is 65.8 Å². The second kappa shape index (κ2) is 8.85. The quantitative estimate of drug-likeness (QED) is 0.722. The molecule has 1 rings (SSSR count). The Kier molecular flexibility index (Phi) is 7.83. The van der Waals surface area contributed by atoms with Gasteiger partial charge in [0.15, 0.2) is 0 Å². The Hall–Kier alpha value is -0.470. The molecule has 120 valence electrons. The molecule has 0 fully saturated rings. The van der Waals surface area contributed by atoms with Gasteiger partial charge in [0.25, 0.3) is 0 Å². The first-order valence-corrected chi connectivity index (χ1v) is 9.36. The topological polar surface area (TPSA) is 12.0 Å². The van der Waals surface area contributed by atoms with Crippen LogP contribution in [-0.2, 0) is 11.8 Å². The van der Waals surface area contributed by atoms with E-state index in [9.17, 15) is 0 Å². The average Bonchev–Trinajstić information content (AvgIpc) is 2.44. The molecule has 0 bridgehead atoms. The smallest absolute Gasteiger partial charge is 0.0198 e. The van der Waals surface area contributed by atoms with Gasteiger partial charge in [-0.2, -0.15) is 11.8 Å². The van der Waals surface area contributed by atoms with Gasteiger partial charge in [-0.15, -0.1) is 0 Å². The van der Waals surface area contributed by atoms with Crippen LogP contribution < -0.4 is 5.32 Å². The van der Waals surface area contributed by atoms with Crippen LogP contribution in [0.25, 0.3) is 0 Å². The van der Waals surface area contributed by atoms with Crippen LogP contribution in [0, 0.1) is 0 Å². The van der Waals surface area contributed by atoms with Crippen LogP contribution in [0.3, 0.4) is 0 Å². The van der Waals surface area contributed by atoms with E-state index < -0.39 is 0 Å². The highest BCUT2D eigenvalue weighted by Crippen LogP contribution is 2.23.